The van der Waals surface area contributed by atoms with Crippen LogP contribution in [0, 0.1) is 0 Å². The number of nitrogens with zero attached hydrogens (tertiary/aromatic N) is 2. The third kappa shape index (κ3) is 1.42. The van der Waals surface area contributed by atoms with Crippen molar-refractivity contribution in [1.82, 2.24) is 8.75 Å². The van der Waals surface area contributed by atoms with Gasteiger partial charge in [-0.15, -0.1) is 0 Å². The van der Waals surface area contributed by atoms with Gasteiger partial charge in [0.1, 0.15) is 11.0 Å². The summed E-state index contributed by atoms with van der Waals surface area (Å²) < 4.78 is 30.5. The molecule has 2 aromatic rings. The fourth-order valence-corrected chi connectivity index (χ4v) is 2.52. The fourth-order valence-electron chi connectivity index (χ4n) is 1.08. The van der Waals surface area contributed by atoms with Crippen molar-refractivity contribution in [2.24, 2.45) is 0 Å². The van der Waals surface area contributed by atoms with Gasteiger partial charge in [-0.2, -0.15) is 8.75 Å². The van der Waals surface area contributed by atoms with Crippen LogP contribution in [-0.2, 0) is 9.84 Å². The first-order valence-electron chi connectivity index (χ1n) is 3.50. The molecule has 0 aliphatic heterocycles. The van der Waals surface area contributed by atoms with Crippen molar-refractivity contribution in [3.63, 3.8) is 0 Å². The first kappa shape index (κ1) is 8.58. The number of hydrogen-bond acceptors (Lipinski definition) is 5. The molecular formula is C7H6N2O2S2. The molecule has 0 fully saturated rings. The highest BCUT2D eigenvalue weighted by atomic mass is 32.2. The Morgan fingerprint density at radius 1 is 1.31 bits per heavy atom. The lowest BCUT2D eigenvalue weighted by Gasteiger charge is -1.96. The Morgan fingerprint density at radius 3 is 2.77 bits per heavy atom. The second-order valence-corrected chi connectivity index (χ2v) is 5.17. The van der Waals surface area contributed by atoms with Crippen LogP contribution in [0.2, 0.25) is 0 Å². The number of benzene rings is 1. The van der Waals surface area contributed by atoms with Crippen molar-refractivity contribution in [3.8, 4) is 0 Å². The van der Waals surface area contributed by atoms with E-state index in [9.17, 15) is 8.42 Å². The summed E-state index contributed by atoms with van der Waals surface area (Å²) in [4.78, 5) is 0.249. The third-order valence-corrected chi connectivity index (χ3v) is 3.32. The zero-order chi connectivity index (χ0) is 9.47. The highest BCUT2D eigenvalue weighted by Gasteiger charge is 2.13. The molecule has 0 atom stereocenters. The van der Waals surface area contributed by atoms with Gasteiger partial charge in [-0.3, -0.25) is 0 Å². The van der Waals surface area contributed by atoms with E-state index >= 15 is 0 Å². The van der Waals surface area contributed by atoms with Gasteiger partial charge in [0.2, 0.25) is 0 Å². The van der Waals surface area contributed by atoms with E-state index in [2.05, 4.69) is 8.75 Å². The number of hydrogen-bond donors (Lipinski definition) is 0. The third-order valence-electron chi connectivity index (χ3n) is 1.65. The van der Waals surface area contributed by atoms with Crippen LogP contribution in [0.25, 0.3) is 11.0 Å². The van der Waals surface area contributed by atoms with Crippen LogP contribution in [0.5, 0.6) is 0 Å². The average Bonchev–Trinajstić information content (AvgIpc) is 2.48. The second-order valence-electron chi connectivity index (χ2n) is 2.66. The van der Waals surface area contributed by atoms with Gasteiger partial charge in [-0.25, -0.2) is 8.42 Å². The second kappa shape index (κ2) is 2.74. The molecule has 4 nitrogen and oxygen atoms in total. The van der Waals surface area contributed by atoms with Crippen LogP contribution < -0.4 is 0 Å². The van der Waals surface area contributed by atoms with Crippen molar-refractivity contribution in [3.05, 3.63) is 18.2 Å². The minimum absolute atomic E-state index is 0.249. The minimum Gasteiger partial charge on any atom is -0.224 e. The summed E-state index contributed by atoms with van der Waals surface area (Å²) in [6.07, 6.45) is 1.17. The molecule has 13 heavy (non-hydrogen) atoms. The largest absolute Gasteiger partial charge is 0.224 e. The SMILES string of the molecule is CS(=O)(=O)c1cccc2nsnc12. The zero-order valence-electron chi connectivity index (χ0n) is 6.76. The van der Waals surface area contributed by atoms with Crippen LogP contribution in [0.4, 0.5) is 0 Å². The molecule has 0 aliphatic rings. The Balaban J connectivity index is 2.91. The predicted molar refractivity (Wildman–Crippen MR) is 50.5 cm³/mol. The normalized spacial score (nSPS) is 12.1. The van der Waals surface area contributed by atoms with Crippen LogP contribution in [0.1, 0.15) is 0 Å². The lowest BCUT2D eigenvalue weighted by molar-refractivity contribution is 0.602. The first-order chi connectivity index (χ1) is 6.09. The van der Waals surface area contributed by atoms with Crippen LogP contribution in [0.15, 0.2) is 23.1 Å². The van der Waals surface area contributed by atoms with Gasteiger partial charge in [0, 0.05) is 6.26 Å². The van der Waals surface area contributed by atoms with Crippen LogP contribution in [0.3, 0.4) is 0 Å². The lowest BCUT2D eigenvalue weighted by atomic mass is 10.3. The number of sulfone groups is 1. The van der Waals surface area contributed by atoms with Crippen LogP contribution in [-0.4, -0.2) is 23.4 Å². The maximum absolute atomic E-state index is 11.3. The molecule has 0 saturated carbocycles. The molecule has 6 heteroatoms. The molecule has 0 spiro atoms. The Morgan fingerprint density at radius 2 is 2.08 bits per heavy atom. The van der Waals surface area contributed by atoms with Crippen molar-refractivity contribution in [2.45, 2.75) is 4.90 Å². The molecule has 0 radical (unpaired) electrons. The van der Waals surface area contributed by atoms with E-state index in [-0.39, 0.29) is 4.90 Å². The van der Waals surface area contributed by atoms with E-state index in [1.807, 2.05) is 0 Å². The Labute approximate surface area is 79.5 Å². The number of fused-ring (bicyclic) bond motifs is 1. The van der Waals surface area contributed by atoms with Gasteiger partial charge < -0.3 is 0 Å². The van der Waals surface area contributed by atoms with E-state index < -0.39 is 9.84 Å². The smallest absolute Gasteiger partial charge is 0.177 e. The van der Waals surface area contributed by atoms with Crippen molar-refractivity contribution >= 4 is 32.6 Å². The van der Waals surface area contributed by atoms with Gasteiger partial charge in [0.15, 0.2) is 9.84 Å². The first-order valence-corrected chi connectivity index (χ1v) is 6.12. The molecule has 0 bridgehead atoms. The summed E-state index contributed by atoms with van der Waals surface area (Å²) in [7, 11) is -3.20. The van der Waals surface area contributed by atoms with Gasteiger partial charge in [-0.1, -0.05) is 6.07 Å². The summed E-state index contributed by atoms with van der Waals surface area (Å²) in [5.41, 5.74) is 1.10. The quantitative estimate of drug-likeness (QED) is 0.713. The summed E-state index contributed by atoms with van der Waals surface area (Å²) in [5, 5.41) is 0. The van der Waals surface area contributed by atoms with Crippen LogP contribution >= 0.6 is 11.7 Å². The summed E-state index contributed by atoms with van der Waals surface area (Å²) in [6, 6.07) is 4.95. The number of rotatable bonds is 1. The summed E-state index contributed by atoms with van der Waals surface area (Å²) in [6.45, 7) is 0. The highest BCUT2D eigenvalue weighted by molar-refractivity contribution is 7.91. The van der Waals surface area contributed by atoms with E-state index in [1.165, 1.54) is 6.26 Å². The Kier molecular flexibility index (Phi) is 1.81. The van der Waals surface area contributed by atoms with Gasteiger partial charge >= 0.3 is 0 Å². The monoisotopic (exact) mass is 214 g/mol. The van der Waals surface area contributed by atoms with Crippen molar-refractivity contribution < 1.29 is 8.42 Å². The van der Waals surface area contributed by atoms with Crippen molar-refractivity contribution in [2.75, 3.05) is 6.26 Å². The fraction of sp³-hybridized carbons (Fsp3) is 0.143. The lowest BCUT2D eigenvalue weighted by Crippen LogP contribution is -1.97. The van der Waals surface area contributed by atoms with E-state index in [4.69, 9.17) is 0 Å². The molecule has 0 N–H and O–H groups in total. The predicted octanol–water partition coefficient (Wildman–Crippen LogP) is 1.09. The molecule has 0 unspecified atom stereocenters. The van der Waals surface area contributed by atoms with E-state index in [0.717, 1.165) is 11.7 Å². The zero-order valence-corrected chi connectivity index (χ0v) is 8.39. The molecular weight excluding hydrogens is 208 g/mol. The minimum atomic E-state index is -3.20. The maximum atomic E-state index is 11.3. The molecule has 1 heterocycles. The Bertz CT molecular complexity index is 544. The molecule has 0 amide bonds. The molecule has 1 aromatic heterocycles. The maximum Gasteiger partial charge on any atom is 0.177 e. The van der Waals surface area contributed by atoms with Crippen molar-refractivity contribution in [1.29, 1.82) is 0 Å². The van der Waals surface area contributed by atoms with Gasteiger partial charge in [0.05, 0.1) is 16.6 Å². The summed E-state index contributed by atoms with van der Waals surface area (Å²) >= 11 is 1.02. The average molecular weight is 214 g/mol. The standard InChI is InChI=1S/C7H6N2O2S2/c1-13(10,11)6-4-2-3-5-7(6)9-12-8-5/h2-4H,1H3. The van der Waals surface area contributed by atoms with E-state index in [1.54, 1.807) is 18.2 Å². The molecule has 2 rings (SSSR count). The van der Waals surface area contributed by atoms with Gasteiger partial charge in [-0.05, 0) is 12.1 Å². The van der Waals surface area contributed by atoms with E-state index in [0.29, 0.717) is 11.0 Å². The van der Waals surface area contributed by atoms with Gasteiger partial charge in [0.25, 0.3) is 0 Å². The Hall–Kier alpha value is -1.01. The molecule has 0 aliphatic carbocycles. The highest BCUT2D eigenvalue weighted by Crippen LogP contribution is 2.20. The number of aromatic nitrogens is 2. The molecule has 0 saturated heterocycles. The molecule has 1 aromatic carbocycles. The summed E-state index contributed by atoms with van der Waals surface area (Å²) in [5.74, 6) is 0. The topological polar surface area (TPSA) is 59.9 Å². The molecule has 68 valence electrons.